The number of carboxylic acid groups (broad SMARTS) is 2. The molecule has 0 aromatic carbocycles. The number of nitrogens with zero attached hydrogens (tertiary/aromatic N) is 3. The van der Waals surface area contributed by atoms with Crippen molar-refractivity contribution in [3.05, 3.63) is 11.4 Å². The van der Waals surface area contributed by atoms with E-state index in [-0.39, 0.29) is 18.0 Å². The fourth-order valence-corrected chi connectivity index (χ4v) is 1.65. The number of aromatic carboxylic acids is 1. The minimum Gasteiger partial charge on any atom is -0.481 e. The summed E-state index contributed by atoms with van der Waals surface area (Å²) in [5.41, 5.74) is 0.516. The van der Waals surface area contributed by atoms with Crippen LogP contribution in [0.4, 0.5) is 0 Å². The van der Waals surface area contributed by atoms with Gasteiger partial charge in [-0.1, -0.05) is 19.1 Å². The molecular formula is C11H17N3O4. The van der Waals surface area contributed by atoms with Gasteiger partial charge in [0.1, 0.15) is 0 Å². The molecule has 0 atom stereocenters. The maximum absolute atomic E-state index is 11.0. The number of carbonyl (C=O) groups is 2. The molecule has 7 nitrogen and oxygen atoms in total. The number of aryl methyl sites for hydroxylation is 1. The van der Waals surface area contributed by atoms with Crippen LogP contribution in [0.2, 0.25) is 0 Å². The van der Waals surface area contributed by atoms with E-state index in [2.05, 4.69) is 10.3 Å². The summed E-state index contributed by atoms with van der Waals surface area (Å²) in [5.74, 6) is -1.70. The Labute approximate surface area is 104 Å². The van der Waals surface area contributed by atoms with Crippen LogP contribution in [0.15, 0.2) is 0 Å². The lowest BCUT2D eigenvalue weighted by Gasteiger charge is -2.08. The average molecular weight is 255 g/mol. The summed E-state index contributed by atoms with van der Waals surface area (Å²) in [6.45, 7) is 4.31. The van der Waals surface area contributed by atoms with Crippen LogP contribution >= 0.6 is 0 Å². The van der Waals surface area contributed by atoms with Crippen molar-refractivity contribution in [1.82, 2.24) is 15.0 Å². The number of aromatic nitrogens is 3. The quantitative estimate of drug-likeness (QED) is 0.754. The summed E-state index contributed by atoms with van der Waals surface area (Å²) in [4.78, 5) is 21.4. The van der Waals surface area contributed by atoms with Crippen molar-refractivity contribution in [2.75, 3.05) is 0 Å². The second kappa shape index (κ2) is 6.13. The van der Waals surface area contributed by atoms with Crippen molar-refractivity contribution < 1.29 is 19.8 Å². The van der Waals surface area contributed by atoms with Crippen molar-refractivity contribution >= 4 is 11.9 Å². The monoisotopic (exact) mass is 255 g/mol. The van der Waals surface area contributed by atoms with E-state index in [0.29, 0.717) is 25.1 Å². The fraction of sp³-hybridized carbons (Fsp3) is 0.636. The Hall–Kier alpha value is -1.92. The molecule has 2 N–H and O–H groups in total. The molecule has 0 bridgehead atoms. The Balaban J connectivity index is 2.83. The first-order valence-electron chi connectivity index (χ1n) is 5.79. The van der Waals surface area contributed by atoms with Gasteiger partial charge in [0.05, 0.1) is 5.69 Å². The molecule has 0 aliphatic carbocycles. The maximum Gasteiger partial charge on any atom is 0.358 e. The molecule has 18 heavy (non-hydrogen) atoms. The van der Waals surface area contributed by atoms with Gasteiger partial charge in [-0.2, -0.15) is 0 Å². The van der Waals surface area contributed by atoms with Crippen LogP contribution in [0.5, 0.6) is 0 Å². The van der Waals surface area contributed by atoms with Crippen LogP contribution in [-0.2, 0) is 17.8 Å². The Bertz CT molecular complexity index is 439. The van der Waals surface area contributed by atoms with E-state index in [1.54, 1.807) is 0 Å². The van der Waals surface area contributed by atoms with Crippen molar-refractivity contribution in [3.63, 3.8) is 0 Å². The molecule has 0 unspecified atom stereocenters. The van der Waals surface area contributed by atoms with Crippen molar-refractivity contribution in [3.8, 4) is 0 Å². The molecule has 0 amide bonds. The van der Waals surface area contributed by atoms with Crippen LogP contribution < -0.4 is 0 Å². The predicted molar refractivity (Wildman–Crippen MR) is 62.4 cm³/mol. The van der Waals surface area contributed by atoms with E-state index >= 15 is 0 Å². The van der Waals surface area contributed by atoms with E-state index in [9.17, 15) is 9.59 Å². The zero-order valence-corrected chi connectivity index (χ0v) is 10.5. The molecule has 0 fully saturated rings. The van der Waals surface area contributed by atoms with Gasteiger partial charge in [-0.05, 0) is 18.8 Å². The molecule has 0 saturated heterocycles. The highest BCUT2D eigenvalue weighted by molar-refractivity contribution is 5.86. The summed E-state index contributed by atoms with van der Waals surface area (Å²) in [6.07, 6.45) is 0.994. The highest BCUT2D eigenvalue weighted by Crippen LogP contribution is 2.12. The SMILES string of the molecule is CC(C)Cc1c(C(=O)O)nnn1CCCC(=O)O. The third-order valence-corrected chi connectivity index (χ3v) is 2.40. The molecular weight excluding hydrogens is 238 g/mol. The summed E-state index contributed by atoms with van der Waals surface area (Å²) in [5, 5.41) is 25.0. The summed E-state index contributed by atoms with van der Waals surface area (Å²) in [6, 6.07) is 0. The lowest BCUT2D eigenvalue weighted by atomic mass is 10.1. The number of rotatable bonds is 7. The van der Waals surface area contributed by atoms with Crippen LogP contribution in [0.1, 0.15) is 42.9 Å². The second-order valence-electron chi connectivity index (χ2n) is 4.51. The number of aliphatic carboxylic acids is 1. The fourth-order valence-electron chi connectivity index (χ4n) is 1.65. The van der Waals surface area contributed by atoms with Gasteiger partial charge in [0, 0.05) is 13.0 Å². The van der Waals surface area contributed by atoms with Gasteiger partial charge in [0.2, 0.25) is 0 Å². The van der Waals surface area contributed by atoms with Crippen LogP contribution in [0, 0.1) is 5.92 Å². The Kier molecular flexibility index (Phi) is 4.82. The molecule has 0 radical (unpaired) electrons. The average Bonchev–Trinajstić information content (AvgIpc) is 2.60. The van der Waals surface area contributed by atoms with Crippen molar-refractivity contribution in [1.29, 1.82) is 0 Å². The van der Waals surface area contributed by atoms with Gasteiger partial charge < -0.3 is 10.2 Å². The van der Waals surface area contributed by atoms with E-state index in [1.165, 1.54) is 4.68 Å². The lowest BCUT2D eigenvalue weighted by molar-refractivity contribution is -0.137. The molecule has 0 spiro atoms. The first kappa shape index (κ1) is 14.1. The zero-order valence-electron chi connectivity index (χ0n) is 10.5. The molecule has 1 aromatic rings. The number of carboxylic acids is 2. The van der Waals surface area contributed by atoms with E-state index < -0.39 is 11.9 Å². The standard InChI is InChI=1S/C11H17N3O4/c1-7(2)6-8-10(11(17)18)12-13-14(8)5-3-4-9(15)16/h7H,3-6H2,1-2H3,(H,15,16)(H,17,18). The van der Waals surface area contributed by atoms with Crippen LogP contribution in [-0.4, -0.2) is 37.1 Å². The van der Waals surface area contributed by atoms with Gasteiger partial charge in [0.25, 0.3) is 0 Å². The molecule has 1 heterocycles. The molecule has 0 aliphatic rings. The number of hydrogen-bond donors (Lipinski definition) is 2. The second-order valence-corrected chi connectivity index (χ2v) is 4.51. The van der Waals surface area contributed by atoms with Crippen molar-refractivity contribution in [2.45, 2.75) is 39.7 Å². The zero-order chi connectivity index (χ0) is 13.7. The molecule has 1 rings (SSSR count). The first-order valence-corrected chi connectivity index (χ1v) is 5.79. The van der Waals surface area contributed by atoms with E-state index in [1.807, 2.05) is 13.8 Å². The smallest absolute Gasteiger partial charge is 0.358 e. The molecule has 7 heteroatoms. The summed E-state index contributed by atoms with van der Waals surface area (Å²) < 4.78 is 1.49. The number of hydrogen-bond acceptors (Lipinski definition) is 4. The first-order chi connectivity index (χ1) is 8.41. The highest BCUT2D eigenvalue weighted by atomic mass is 16.4. The van der Waals surface area contributed by atoms with Crippen LogP contribution in [0.25, 0.3) is 0 Å². The minimum absolute atomic E-state index is 0.0311. The summed E-state index contributed by atoms with van der Waals surface area (Å²) in [7, 11) is 0. The van der Waals surface area contributed by atoms with Crippen molar-refractivity contribution in [2.24, 2.45) is 5.92 Å². The molecule has 0 aliphatic heterocycles. The topological polar surface area (TPSA) is 105 Å². The van der Waals surface area contributed by atoms with Gasteiger partial charge in [-0.3, -0.25) is 4.79 Å². The molecule has 1 aromatic heterocycles. The Morgan fingerprint density at radius 3 is 2.50 bits per heavy atom. The van der Waals surface area contributed by atoms with Crippen LogP contribution in [0.3, 0.4) is 0 Å². The third-order valence-electron chi connectivity index (χ3n) is 2.40. The lowest BCUT2D eigenvalue weighted by Crippen LogP contribution is -2.12. The van der Waals surface area contributed by atoms with Gasteiger partial charge in [0.15, 0.2) is 5.69 Å². The Morgan fingerprint density at radius 1 is 1.33 bits per heavy atom. The maximum atomic E-state index is 11.0. The molecule has 100 valence electrons. The van der Waals surface area contributed by atoms with E-state index in [0.717, 1.165) is 0 Å². The molecule has 0 saturated carbocycles. The van der Waals surface area contributed by atoms with Gasteiger partial charge >= 0.3 is 11.9 Å². The Morgan fingerprint density at radius 2 is 2.00 bits per heavy atom. The van der Waals surface area contributed by atoms with Gasteiger partial charge in [-0.25, -0.2) is 9.48 Å². The third kappa shape index (κ3) is 3.83. The largest absolute Gasteiger partial charge is 0.481 e. The van der Waals surface area contributed by atoms with Gasteiger partial charge in [-0.15, -0.1) is 5.10 Å². The summed E-state index contributed by atoms with van der Waals surface area (Å²) >= 11 is 0. The minimum atomic E-state index is -1.10. The normalized spacial score (nSPS) is 10.8. The van der Waals surface area contributed by atoms with E-state index in [4.69, 9.17) is 10.2 Å². The predicted octanol–water partition coefficient (Wildman–Crippen LogP) is 1.04. The highest BCUT2D eigenvalue weighted by Gasteiger charge is 2.19.